The number of rotatable bonds is 1. The molecule has 0 fully saturated rings. The number of carbonyl (C=O) groups is 1. The molecular weight excluding hydrogens is 276 g/mol. The molecule has 1 aromatic carbocycles. The van der Waals surface area contributed by atoms with Gasteiger partial charge in [0.1, 0.15) is 11.9 Å². The molecule has 0 radical (unpaired) electrons. The summed E-state index contributed by atoms with van der Waals surface area (Å²) in [5, 5.41) is 13.2. The largest absolute Gasteiger partial charge is 0.480 e. The van der Waals surface area contributed by atoms with Crippen molar-refractivity contribution in [3.05, 3.63) is 40.2 Å². The third-order valence-electron chi connectivity index (χ3n) is 4.06. The van der Waals surface area contributed by atoms with Crippen LogP contribution >= 0.6 is 11.6 Å². The SMILES string of the molecule is CN1C2=C(CCCC(C(=O)O)N2)Cc2cc(Cl)ccc21. The zero-order chi connectivity index (χ0) is 14.3. The molecule has 2 aliphatic rings. The molecule has 1 atom stereocenters. The molecule has 0 aromatic heterocycles. The number of carboxylic acids is 1. The van der Waals surface area contributed by atoms with Crippen LogP contribution in [0.1, 0.15) is 24.8 Å². The van der Waals surface area contributed by atoms with Gasteiger partial charge < -0.3 is 15.3 Å². The first-order chi connectivity index (χ1) is 9.56. The first-order valence-electron chi connectivity index (χ1n) is 6.80. The topological polar surface area (TPSA) is 52.6 Å². The number of nitrogens with one attached hydrogen (secondary N) is 1. The van der Waals surface area contributed by atoms with Gasteiger partial charge in [0.25, 0.3) is 0 Å². The predicted octanol–water partition coefficient (Wildman–Crippen LogP) is 2.77. The number of hydrogen-bond donors (Lipinski definition) is 2. The number of fused-ring (bicyclic) bond motifs is 1. The zero-order valence-corrected chi connectivity index (χ0v) is 12.1. The van der Waals surface area contributed by atoms with Crippen molar-refractivity contribution in [2.24, 2.45) is 0 Å². The fraction of sp³-hybridized carbons (Fsp3) is 0.400. The quantitative estimate of drug-likeness (QED) is 0.836. The Morgan fingerprint density at radius 1 is 1.50 bits per heavy atom. The van der Waals surface area contributed by atoms with Crippen LogP contribution in [0.2, 0.25) is 5.02 Å². The van der Waals surface area contributed by atoms with Gasteiger partial charge in [-0.3, -0.25) is 0 Å². The smallest absolute Gasteiger partial charge is 0.326 e. The molecule has 0 saturated carbocycles. The lowest BCUT2D eigenvalue weighted by atomic mass is 9.95. The maximum atomic E-state index is 11.3. The van der Waals surface area contributed by atoms with E-state index in [2.05, 4.69) is 5.32 Å². The summed E-state index contributed by atoms with van der Waals surface area (Å²) in [7, 11) is 1.97. The second-order valence-corrected chi connectivity index (χ2v) is 5.82. The number of allylic oxidation sites excluding steroid dienone is 1. The highest BCUT2D eigenvalue weighted by Gasteiger charge is 2.29. The number of hydrogen-bond acceptors (Lipinski definition) is 3. The number of nitrogens with zero attached hydrogens (tertiary/aromatic N) is 1. The molecule has 106 valence electrons. The number of anilines is 1. The summed E-state index contributed by atoms with van der Waals surface area (Å²) in [6.45, 7) is 0. The summed E-state index contributed by atoms with van der Waals surface area (Å²) in [5.74, 6) is 0.166. The maximum absolute atomic E-state index is 11.3. The van der Waals surface area contributed by atoms with E-state index in [0.717, 1.165) is 35.8 Å². The van der Waals surface area contributed by atoms with E-state index in [1.165, 1.54) is 11.1 Å². The monoisotopic (exact) mass is 292 g/mol. The van der Waals surface area contributed by atoms with Crippen molar-refractivity contribution in [2.45, 2.75) is 31.7 Å². The van der Waals surface area contributed by atoms with Gasteiger partial charge >= 0.3 is 5.97 Å². The fourth-order valence-corrected chi connectivity index (χ4v) is 3.24. The predicted molar refractivity (Wildman–Crippen MR) is 79.0 cm³/mol. The van der Waals surface area contributed by atoms with Crippen LogP contribution in [0.15, 0.2) is 29.6 Å². The van der Waals surface area contributed by atoms with Gasteiger partial charge in [-0.25, -0.2) is 4.79 Å². The molecule has 0 aliphatic carbocycles. The molecule has 5 heteroatoms. The van der Waals surface area contributed by atoms with Gasteiger partial charge in [0, 0.05) is 17.8 Å². The van der Waals surface area contributed by atoms with E-state index >= 15 is 0 Å². The van der Waals surface area contributed by atoms with E-state index in [-0.39, 0.29) is 0 Å². The number of halogens is 1. The Balaban J connectivity index is 1.98. The van der Waals surface area contributed by atoms with Gasteiger partial charge in [-0.15, -0.1) is 0 Å². The van der Waals surface area contributed by atoms with Gasteiger partial charge in [0.05, 0.1) is 0 Å². The van der Waals surface area contributed by atoms with Crippen LogP contribution in [0.5, 0.6) is 0 Å². The Morgan fingerprint density at radius 2 is 2.30 bits per heavy atom. The molecular formula is C15H17ClN2O2. The highest BCUT2D eigenvalue weighted by Crippen LogP contribution is 2.36. The third-order valence-corrected chi connectivity index (χ3v) is 4.29. The summed E-state index contributed by atoms with van der Waals surface area (Å²) in [6.07, 6.45) is 3.33. The van der Waals surface area contributed by atoms with E-state index in [1.54, 1.807) is 0 Å². The lowest BCUT2D eigenvalue weighted by molar-refractivity contribution is -0.139. The van der Waals surface area contributed by atoms with Gasteiger partial charge in [-0.1, -0.05) is 11.6 Å². The molecule has 3 rings (SSSR count). The van der Waals surface area contributed by atoms with E-state index < -0.39 is 12.0 Å². The van der Waals surface area contributed by atoms with Gasteiger partial charge in [0.15, 0.2) is 0 Å². The molecule has 0 bridgehead atoms. The fourth-order valence-electron chi connectivity index (χ4n) is 3.04. The first-order valence-corrected chi connectivity index (χ1v) is 7.17. The Hall–Kier alpha value is -1.68. The minimum atomic E-state index is -0.783. The van der Waals surface area contributed by atoms with Crippen molar-refractivity contribution in [3.8, 4) is 0 Å². The van der Waals surface area contributed by atoms with Crippen LogP contribution in [0, 0.1) is 0 Å². The van der Waals surface area contributed by atoms with Gasteiger partial charge in [-0.2, -0.15) is 0 Å². The lowest BCUT2D eigenvalue weighted by Gasteiger charge is -2.33. The number of carboxylic acid groups (broad SMARTS) is 1. The van der Waals surface area contributed by atoms with Gasteiger partial charge in [0.2, 0.25) is 0 Å². The van der Waals surface area contributed by atoms with E-state index in [0.29, 0.717) is 6.42 Å². The average molecular weight is 293 g/mol. The van der Waals surface area contributed by atoms with Crippen molar-refractivity contribution < 1.29 is 9.90 Å². The van der Waals surface area contributed by atoms with Gasteiger partial charge in [-0.05, 0) is 55.0 Å². The highest BCUT2D eigenvalue weighted by molar-refractivity contribution is 6.30. The summed E-state index contributed by atoms with van der Waals surface area (Å²) >= 11 is 6.07. The lowest BCUT2D eigenvalue weighted by Crippen LogP contribution is -2.42. The van der Waals surface area contributed by atoms with Crippen molar-refractivity contribution >= 4 is 23.3 Å². The van der Waals surface area contributed by atoms with Crippen molar-refractivity contribution in [3.63, 3.8) is 0 Å². The Kier molecular flexibility index (Phi) is 3.34. The summed E-state index contributed by atoms with van der Waals surface area (Å²) in [6, 6.07) is 5.35. The second kappa shape index (κ2) is 5.02. The summed E-state index contributed by atoms with van der Waals surface area (Å²) < 4.78 is 0. The number of aliphatic carboxylic acids is 1. The van der Waals surface area contributed by atoms with Crippen molar-refractivity contribution in [1.29, 1.82) is 0 Å². The number of benzene rings is 1. The van der Waals surface area contributed by atoms with Crippen LogP contribution in [0.4, 0.5) is 5.69 Å². The second-order valence-electron chi connectivity index (χ2n) is 5.39. The summed E-state index contributed by atoms with van der Waals surface area (Å²) in [5.41, 5.74) is 3.56. The Morgan fingerprint density at radius 3 is 3.05 bits per heavy atom. The van der Waals surface area contributed by atoms with Crippen molar-refractivity contribution in [2.75, 3.05) is 11.9 Å². The van der Waals surface area contributed by atoms with Crippen LogP contribution in [-0.4, -0.2) is 24.2 Å². The first kappa shape index (κ1) is 13.3. The molecule has 4 nitrogen and oxygen atoms in total. The highest BCUT2D eigenvalue weighted by atomic mass is 35.5. The Labute approximate surface area is 123 Å². The zero-order valence-electron chi connectivity index (χ0n) is 11.3. The molecule has 0 spiro atoms. The molecule has 2 aliphatic heterocycles. The molecule has 20 heavy (non-hydrogen) atoms. The van der Waals surface area contributed by atoms with Crippen molar-refractivity contribution in [1.82, 2.24) is 5.32 Å². The minimum absolute atomic E-state index is 0.501. The van der Waals surface area contributed by atoms with E-state index in [1.807, 2.05) is 30.1 Å². The van der Waals surface area contributed by atoms with Crippen LogP contribution in [-0.2, 0) is 11.2 Å². The maximum Gasteiger partial charge on any atom is 0.326 e. The van der Waals surface area contributed by atoms with Crippen LogP contribution in [0.25, 0.3) is 0 Å². The molecule has 0 saturated heterocycles. The third kappa shape index (κ3) is 2.24. The normalized spacial score (nSPS) is 21.7. The van der Waals surface area contributed by atoms with Crippen LogP contribution < -0.4 is 10.2 Å². The van der Waals surface area contributed by atoms with Crippen LogP contribution in [0.3, 0.4) is 0 Å². The average Bonchev–Trinajstić information content (AvgIpc) is 2.61. The Bertz CT molecular complexity index is 598. The van der Waals surface area contributed by atoms with E-state index in [9.17, 15) is 9.90 Å². The molecule has 1 unspecified atom stereocenters. The van der Waals surface area contributed by atoms with E-state index in [4.69, 9.17) is 11.6 Å². The molecule has 0 amide bonds. The molecule has 2 N–H and O–H groups in total. The molecule has 2 heterocycles. The molecule has 1 aromatic rings. The summed E-state index contributed by atoms with van der Waals surface area (Å²) in [4.78, 5) is 13.3. The standard InChI is InChI=1S/C15H17ClN2O2/c1-18-13-6-5-11(16)8-10(13)7-9-3-2-4-12(15(19)20)17-14(9)18/h5-6,8,12,17H,2-4,7H2,1H3,(H,19,20). The minimum Gasteiger partial charge on any atom is -0.480 e.